The first-order chi connectivity index (χ1) is 18.7. The molecule has 38 heavy (non-hydrogen) atoms. The molecule has 0 saturated carbocycles. The van der Waals surface area contributed by atoms with Crippen molar-refractivity contribution in [1.29, 1.82) is 0 Å². The quantitative estimate of drug-likeness (QED) is 0.233. The predicted octanol–water partition coefficient (Wildman–Crippen LogP) is 9.53. The minimum atomic E-state index is 1.17. The topological polar surface area (TPSA) is 9.86 Å². The van der Waals surface area contributed by atoms with Crippen LogP contribution in [0.25, 0.3) is 55.7 Å². The standard InChI is InChI=1S/C36H28N2/c1-25-13-17-31(18-14-25)37-33(27-9-5-3-6-10-27)22-29-21-30-23-34(28-11-7-4-8-12-28)38(36(30)24-35(29)37)32-19-15-26(2)16-20-32/h3-24H,1-2H3. The van der Waals surface area contributed by atoms with Crippen molar-refractivity contribution >= 4 is 21.8 Å². The Kier molecular flexibility index (Phi) is 5.26. The van der Waals surface area contributed by atoms with Gasteiger partial charge in [0.1, 0.15) is 0 Å². The maximum atomic E-state index is 2.40. The normalized spacial score (nSPS) is 11.4. The number of rotatable bonds is 4. The molecule has 0 fully saturated rings. The van der Waals surface area contributed by atoms with Crippen LogP contribution in [0.5, 0.6) is 0 Å². The van der Waals surface area contributed by atoms with Crippen molar-refractivity contribution in [1.82, 2.24) is 9.13 Å². The summed E-state index contributed by atoms with van der Waals surface area (Å²) in [6.07, 6.45) is 0. The average molecular weight is 489 g/mol. The summed E-state index contributed by atoms with van der Waals surface area (Å²) in [5, 5.41) is 2.47. The van der Waals surface area contributed by atoms with Crippen LogP contribution in [0.3, 0.4) is 0 Å². The lowest BCUT2D eigenvalue weighted by Gasteiger charge is -2.14. The van der Waals surface area contributed by atoms with Crippen molar-refractivity contribution in [2.24, 2.45) is 0 Å². The van der Waals surface area contributed by atoms with Gasteiger partial charge in [0.2, 0.25) is 0 Å². The van der Waals surface area contributed by atoms with Crippen molar-refractivity contribution < 1.29 is 0 Å². The zero-order chi connectivity index (χ0) is 25.6. The molecule has 0 unspecified atom stereocenters. The highest BCUT2D eigenvalue weighted by Gasteiger charge is 2.18. The first-order valence-electron chi connectivity index (χ1n) is 13.1. The average Bonchev–Trinajstić information content (AvgIpc) is 3.52. The van der Waals surface area contributed by atoms with Crippen molar-refractivity contribution in [3.8, 4) is 33.9 Å². The summed E-state index contributed by atoms with van der Waals surface area (Å²) in [6.45, 7) is 4.28. The summed E-state index contributed by atoms with van der Waals surface area (Å²) < 4.78 is 4.80. The highest BCUT2D eigenvalue weighted by atomic mass is 15.0. The van der Waals surface area contributed by atoms with E-state index in [1.807, 2.05) is 0 Å². The van der Waals surface area contributed by atoms with E-state index in [-0.39, 0.29) is 0 Å². The predicted molar refractivity (Wildman–Crippen MR) is 160 cm³/mol. The fraction of sp³-hybridized carbons (Fsp3) is 0.0556. The Morgan fingerprint density at radius 1 is 0.395 bits per heavy atom. The maximum Gasteiger partial charge on any atom is 0.0556 e. The number of hydrogen-bond acceptors (Lipinski definition) is 0. The number of aromatic nitrogens is 2. The van der Waals surface area contributed by atoms with Gasteiger partial charge in [-0.15, -0.1) is 0 Å². The SMILES string of the molecule is Cc1ccc(-n2c(-c3ccccc3)cc3cc4cc(-c5ccccc5)n(-c5ccc(C)cc5)c4cc32)cc1. The van der Waals surface area contributed by atoms with E-state index in [1.165, 1.54) is 66.8 Å². The summed E-state index contributed by atoms with van der Waals surface area (Å²) in [5.74, 6) is 0. The molecule has 2 heteroatoms. The van der Waals surface area contributed by atoms with E-state index in [0.717, 1.165) is 0 Å². The third kappa shape index (κ3) is 3.74. The van der Waals surface area contributed by atoms with Gasteiger partial charge in [-0.25, -0.2) is 0 Å². The molecule has 0 amide bonds. The van der Waals surface area contributed by atoms with Crippen LogP contribution in [-0.4, -0.2) is 9.13 Å². The van der Waals surface area contributed by atoms with Crippen LogP contribution < -0.4 is 0 Å². The van der Waals surface area contributed by atoms with Crippen LogP contribution in [-0.2, 0) is 0 Å². The van der Waals surface area contributed by atoms with Crippen LogP contribution in [0, 0.1) is 13.8 Å². The molecule has 0 saturated heterocycles. The van der Waals surface area contributed by atoms with Gasteiger partial charge in [0.25, 0.3) is 0 Å². The molecule has 0 aliphatic carbocycles. The molecule has 0 aliphatic heterocycles. The van der Waals surface area contributed by atoms with Crippen molar-refractivity contribution in [3.05, 3.63) is 145 Å². The minimum Gasteiger partial charge on any atom is -0.309 e. The van der Waals surface area contributed by atoms with Crippen molar-refractivity contribution in [3.63, 3.8) is 0 Å². The molecule has 0 bridgehead atoms. The molecule has 2 heterocycles. The first-order valence-corrected chi connectivity index (χ1v) is 13.1. The van der Waals surface area contributed by atoms with Gasteiger partial charge in [-0.1, -0.05) is 96.1 Å². The molecule has 0 N–H and O–H groups in total. The molecule has 2 aromatic heterocycles. The monoisotopic (exact) mass is 488 g/mol. The van der Waals surface area contributed by atoms with E-state index in [9.17, 15) is 0 Å². The van der Waals surface area contributed by atoms with Gasteiger partial charge in [-0.2, -0.15) is 0 Å². The molecule has 2 nitrogen and oxygen atoms in total. The first kappa shape index (κ1) is 22.4. The molecule has 0 radical (unpaired) electrons. The fourth-order valence-electron chi connectivity index (χ4n) is 5.50. The molecule has 7 aromatic rings. The molecule has 182 valence electrons. The fourth-order valence-corrected chi connectivity index (χ4v) is 5.50. The summed E-state index contributed by atoms with van der Waals surface area (Å²) in [6, 6.07) is 48.4. The van der Waals surface area contributed by atoms with E-state index in [2.05, 4.69) is 156 Å². The number of hydrogen-bond donors (Lipinski definition) is 0. The van der Waals surface area contributed by atoms with E-state index >= 15 is 0 Å². The van der Waals surface area contributed by atoms with Gasteiger partial charge < -0.3 is 9.13 Å². The largest absolute Gasteiger partial charge is 0.309 e. The van der Waals surface area contributed by atoms with Gasteiger partial charge >= 0.3 is 0 Å². The summed E-state index contributed by atoms with van der Waals surface area (Å²) in [4.78, 5) is 0. The van der Waals surface area contributed by atoms with E-state index in [0.29, 0.717) is 0 Å². The van der Waals surface area contributed by atoms with Gasteiger partial charge in [-0.3, -0.25) is 0 Å². The van der Waals surface area contributed by atoms with E-state index in [1.54, 1.807) is 0 Å². The summed E-state index contributed by atoms with van der Waals surface area (Å²) in [7, 11) is 0. The van der Waals surface area contributed by atoms with Crippen LogP contribution >= 0.6 is 0 Å². The highest BCUT2D eigenvalue weighted by Crippen LogP contribution is 2.38. The number of nitrogens with zero attached hydrogens (tertiary/aromatic N) is 2. The molecule has 0 aliphatic rings. The van der Waals surface area contributed by atoms with Crippen LogP contribution in [0.1, 0.15) is 11.1 Å². The molecule has 5 aromatic carbocycles. The Bertz CT molecular complexity index is 1750. The van der Waals surface area contributed by atoms with E-state index < -0.39 is 0 Å². The van der Waals surface area contributed by atoms with Crippen molar-refractivity contribution in [2.45, 2.75) is 13.8 Å². The lowest BCUT2D eigenvalue weighted by molar-refractivity contribution is 1.12. The second-order valence-corrected chi connectivity index (χ2v) is 10.1. The van der Waals surface area contributed by atoms with Crippen LogP contribution in [0.4, 0.5) is 0 Å². The lowest BCUT2D eigenvalue weighted by atomic mass is 10.1. The highest BCUT2D eigenvalue weighted by molar-refractivity contribution is 6.02. The Morgan fingerprint density at radius 3 is 1.18 bits per heavy atom. The smallest absolute Gasteiger partial charge is 0.0556 e. The number of fused-ring (bicyclic) bond motifs is 2. The number of benzene rings is 5. The van der Waals surface area contributed by atoms with E-state index in [4.69, 9.17) is 0 Å². The Labute approximate surface area is 223 Å². The zero-order valence-corrected chi connectivity index (χ0v) is 21.6. The molecular weight excluding hydrogens is 460 g/mol. The number of aryl methyl sites for hydroxylation is 2. The lowest BCUT2D eigenvalue weighted by Crippen LogP contribution is -1.99. The molecule has 0 spiro atoms. The maximum absolute atomic E-state index is 2.40. The van der Waals surface area contributed by atoms with Crippen molar-refractivity contribution in [2.75, 3.05) is 0 Å². The van der Waals surface area contributed by atoms with Crippen LogP contribution in [0.15, 0.2) is 133 Å². The Balaban J connectivity index is 1.57. The summed E-state index contributed by atoms with van der Waals surface area (Å²) in [5.41, 5.74) is 12.1. The summed E-state index contributed by atoms with van der Waals surface area (Å²) >= 11 is 0. The second kappa shape index (κ2) is 8.93. The molecule has 0 atom stereocenters. The molecular formula is C36H28N2. The van der Waals surface area contributed by atoms with Gasteiger partial charge in [-0.05, 0) is 73.5 Å². The minimum absolute atomic E-state index is 1.17. The van der Waals surface area contributed by atoms with Gasteiger partial charge in [0.05, 0.1) is 22.4 Å². The molecule has 7 rings (SSSR count). The third-order valence-corrected chi connectivity index (χ3v) is 7.45. The zero-order valence-electron chi connectivity index (χ0n) is 21.6. The Morgan fingerprint density at radius 2 is 0.789 bits per heavy atom. The van der Waals surface area contributed by atoms with Gasteiger partial charge in [0.15, 0.2) is 0 Å². The third-order valence-electron chi connectivity index (χ3n) is 7.45. The second-order valence-electron chi connectivity index (χ2n) is 10.1. The van der Waals surface area contributed by atoms with Gasteiger partial charge in [0, 0.05) is 22.1 Å². The Hall–Kier alpha value is -4.82. The van der Waals surface area contributed by atoms with Crippen LogP contribution in [0.2, 0.25) is 0 Å².